The Labute approximate surface area is 103 Å². The highest BCUT2D eigenvalue weighted by molar-refractivity contribution is 5.77. The first-order valence-electron chi connectivity index (χ1n) is 5.82. The van der Waals surface area contributed by atoms with Crippen LogP contribution in [-0.2, 0) is 6.42 Å². The Bertz CT molecular complexity index is 702. The molecule has 0 atom stereocenters. The van der Waals surface area contributed by atoms with Crippen LogP contribution < -0.4 is 4.74 Å². The maximum absolute atomic E-state index is 5.68. The third-order valence-corrected chi connectivity index (χ3v) is 3.13. The Morgan fingerprint density at radius 1 is 1.28 bits per heavy atom. The van der Waals surface area contributed by atoms with Gasteiger partial charge in [-0.1, -0.05) is 12.1 Å². The van der Waals surface area contributed by atoms with Crippen molar-refractivity contribution < 1.29 is 4.74 Å². The molecule has 3 heterocycles. The number of ether oxygens (including phenoxy) is 1. The monoisotopic (exact) mass is 238 g/mol. The summed E-state index contributed by atoms with van der Waals surface area (Å²) in [5.41, 5.74) is 3.74. The predicted octanol–water partition coefficient (Wildman–Crippen LogP) is 1.95. The summed E-state index contributed by atoms with van der Waals surface area (Å²) in [5.74, 6) is 1.72. The summed E-state index contributed by atoms with van der Waals surface area (Å²) in [5, 5.41) is 0. The van der Waals surface area contributed by atoms with Crippen molar-refractivity contribution in [1.29, 1.82) is 0 Å². The molecular weight excluding hydrogens is 228 g/mol. The number of rotatable bonds is 1. The predicted molar refractivity (Wildman–Crippen MR) is 66.3 cm³/mol. The number of para-hydroxylation sites is 1. The molecule has 0 aliphatic carbocycles. The molecule has 0 bridgehead atoms. The van der Waals surface area contributed by atoms with E-state index < -0.39 is 0 Å². The second kappa shape index (κ2) is 3.53. The van der Waals surface area contributed by atoms with Crippen LogP contribution >= 0.6 is 0 Å². The lowest BCUT2D eigenvalue weighted by Gasteiger charge is -2.04. The van der Waals surface area contributed by atoms with Crippen LogP contribution in [0.2, 0.25) is 0 Å². The largest absolute Gasteiger partial charge is 0.492 e. The Kier molecular flexibility index (Phi) is 1.88. The molecule has 1 N–H and O–H groups in total. The maximum Gasteiger partial charge on any atom is 0.181 e. The van der Waals surface area contributed by atoms with Crippen molar-refractivity contribution in [3.05, 3.63) is 36.3 Å². The number of hydrogen-bond acceptors (Lipinski definition) is 4. The quantitative estimate of drug-likeness (QED) is 0.703. The van der Waals surface area contributed by atoms with Gasteiger partial charge < -0.3 is 9.72 Å². The zero-order valence-electron chi connectivity index (χ0n) is 9.55. The number of imidazole rings is 1. The summed E-state index contributed by atoms with van der Waals surface area (Å²) < 4.78 is 5.68. The van der Waals surface area contributed by atoms with E-state index in [1.54, 1.807) is 6.20 Å². The number of H-pyrrole nitrogens is 1. The van der Waals surface area contributed by atoms with Crippen molar-refractivity contribution in [3.8, 4) is 17.1 Å². The molecule has 5 nitrogen and oxygen atoms in total. The fraction of sp³-hybridized carbons (Fsp3) is 0.154. The Hall–Kier alpha value is -2.43. The fourth-order valence-electron chi connectivity index (χ4n) is 2.29. The smallest absolute Gasteiger partial charge is 0.181 e. The molecule has 0 amide bonds. The first kappa shape index (κ1) is 9.58. The first-order chi connectivity index (χ1) is 8.92. The van der Waals surface area contributed by atoms with Crippen LogP contribution in [0, 0.1) is 0 Å². The normalized spacial score (nSPS) is 13.6. The number of aromatic nitrogens is 4. The van der Waals surface area contributed by atoms with Gasteiger partial charge in [0.15, 0.2) is 5.65 Å². The number of nitrogens with one attached hydrogen (secondary N) is 1. The highest BCUT2D eigenvalue weighted by Gasteiger charge is 2.19. The third-order valence-electron chi connectivity index (χ3n) is 3.13. The average molecular weight is 238 g/mol. The Morgan fingerprint density at radius 3 is 3.22 bits per heavy atom. The first-order valence-corrected chi connectivity index (χ1v) is 5.82. The SMILES string of the molecule is c1cc2c(c(-c3nc4ncncc4[nH]3)c1)OCC2. The fourth-order valence-corrected chi connectivity index (χ4v) is 2.29. The van der Waals surface area contributed by atoms with Crippen LogP contribution in [0.3, 0.4) is 0 Å². The van der Waals surface area contributed by atoms with Crippen LogP contribution in [0.1, 0.15) is 5.56 Å². The third kappa shape index (κ3) is 1.30. The molecule has 1 aliphatic heterocycles. The number of hydrogen-bond donors (Lipinski definition) is 1. The minimum Gasteiger partial charge on any atom is -0.492 e. The van der Waals surface area contributed by atoms with Gasteiger partial charge in [-0.3, -0.25) is 0 Å². The molecule has 0 radical (unpaired) electrons. The molecule has 88 valence electrons. The summed E-state index contributed by atoms with van der Waals surface area (Å²) in [7, 11) is 0. The Morgan fingerprint density at radius 2 is 2.28 bits per heavy atom. The van der Waals surface area contributed by atoms with Crippen LogP contribution in [-0.4, -0.2) is 26.5 Å². The van der Waals surface area contributed by atoms with Crippen molar-refractivity contribution in [3.63, 3.8) is 0 Å². The molecule has 1 aliphatic rings. The van der Waals surface area contributed by atoms with E-state index in [1.165, 1.54) is 11.9 Å². The lowest BCUT2D eigenvalue weighted by Crippen LogP contribution is -1.89. The van der Waals surface area contributed by atoms with Crippen LogP contribution in [0.25, 0.3) is 22.6 Å². The van der Waals surface area contributed by atoms with Gasteiger partial charge in [-0.15, -0.1) is 0 Å². The van der Waals surface area contributed by atoms with E-state index >= 15 is 0 Å². The van der Waals surface area contributed by atoms with Gasteiger partial charge in [0, 0.05) is 6.42 Å². The van der Waals surface area contributed by atoms with Gasteiger partial charge in [0.2, 0.25) is 0 Å². The van der Waals surface area contributed by atoms with Crippen molar-refractivity contribution in [2.24, 2.45) is 0 Å². The lowest BCUT2D eigenvalue weighted by atomic mass is 10.1. The molecule has 1 aromatic carbocycles. The highest BCUT2D eigenvalue weighted by Crippen LogP contribution is 2.35. The summed E-state index contributed by atoms with van der Waals surface area (Å²) >= 11 is 0. The molecule has 18 heavy (non-hydrogen) atoms. The molecule has 0 fully saturated rings. The second-order valence-corrected chi connectivity index (χ2v) is 4.24. The van der Waals surface area contributed by atoms with Crippen molar-refractivity contribution in [2.45, 2.75) is 6.42 Å². The minimum atomic E-state index is 0.676. The van der Waals surface area contributed by atoms with Crippen LogP contribution in [0.15, 0.2) is 30.7 Å². The minimum absolute atomic E-state index is 0.676. The van der Waals surface area contributed by atoms with Gasteiger partial charge in [-0.05, 0) is 11.6 Å². The van der Waals surface area contributed by atoms with E-state index in [4.69, 9.17) is 4.74 Å². The molecule has 5 heteroatoms. The Balaban J connectivity index is 1.95. The summed E-state index contributed by atoms with van der Waals surface area (Å²) in [6, 6.07) is 6.13. The van der Waals surface area contributed by atoms with Crippen LogP contribution in [0.4, 0.5) is 0 Å². The summed E-state index contributed by atoms with van der Waals surface area (Å²) in [4.78, 5) is 15.8. The molecule has 0 unspecified atom stereocenters. The van der Waals surface area contributed by atoms with Crippen molar-refractivity contribution in [1.82, 2.24) is 19.9 Å². The van der Waals surface area contributed by atoms with E-state index in [0.29, 0.717) is 5.65 Å². The van der Waals surface area contributed by atoms with Crippen molar-refractivity contribution >= 4 is 11.2 Å². The van der Waals surface area contributed by atoms with Gasteiger partial charge >= 0.3 is 0 Å². The summed E-state index contributed by atoms with van der Waals surface area (Å²) in [6.07, 6.45) is 4.19. The molecule has 3 aromatic rings. The van der Waals surface area contributed by atoms with Crippen LogP contribution in [0.5, 0.6) is 5.75 Å². The zero-order valence-corrected chi connectivity index (χ0v) is 9.55. The zero-order chi connectivity index (χ0) is 11.9. The summed E-state index contributed by atoms with van der Waals surface area (Å²) in [6.45, 7) is 0.742. The maximum atomic E-state index is 5.68. The average Bonchev–Trinajstić information content (AvgIpc) is 3.04. The lowest BCUT2D eigenvalue weighted by molar-refractivity contribution is 0.358. The highest BCUT2D eigenvalue weighted by atomic mass is 16.5. The topological polar surface area (TPSA) is 63.7 Å². The standard InChI is InChI=1S/C13H10N4O/c1-2-8-4-5-18-11(8)9(3-1)12-16-10-6-14-7-15-13(10)17-12/h1-3,6-7H,4-5H2,(H,14,15,16,17). The second-order valence-electron chi connectivity index (χ2n) is 4.24. The molecule has 0 spiro atoms. The number of nitrogens with zero attached hydrogens (tertiary/aromatic N) is 3. The van der Waals surface area contributed by atoms with Crippen molar-refractivity contribution in [2.75, 3.05) is 6.61 Å². The van der Waals surface area contributed by atoms with Gasteiger partial charge in [0.05, 0.1) is 18.4 Å². The van der Waals surface area contributed by atoms with Gasteiger partial charge in [-0.25, -0.2) is 15.0 Å². The van der Waals surface area contributed by atoms with Gasteiger partial charge in [0.25, 0.3) is 0 Å². The van der Waals surface area contributed by atoms with E-state index in [0.717, 1.165) is 35.7 Å². The molecule has 0 saturated carbocycles. The van der Waals surface area contributed by atoms with E-state index in [1.807, 2.05) is 12.1 Å². The van der Waals surface area contributed by atoms with Gasteiger partial charge in [-0.2, -0.15) is 0 Å². The van der Waals surface area contributed by atoms with E-state index in [9.17, 15) is 0 Å². The van der Waals surface area contributed by atoms with Gasteiger partial charge in [0.1, 0.15) is 23.4 Å². The molecule has 4 rings (SSSR count). The molecule has 2 aromatic heterocycles. The number of fused-ring (bicyclic) bond motifs is 2. The van der Waals surface area contributed by atoms with E-state index in [2.05, 4.69) is 26.0 Å². The number of aromatic amines is 1. The van der Waals surface area contributed by atoms with E-state index in [-0.39, 0.29) is 0 Å². The molecule has 0 saturated heterocycles. The molecular formula is C13H10N4O. The number of benzene rings is 1.